The van der Waals surface area contributed by atoms with Crippen LogP contribution in [0.4, 0.5) is 0 Å². The Kier molecular flexibility index (Phi) is 5.89. The molecule has 1 aliphatic carbocycles. The molecular formula is C26H27N5O2S2. The van der Waals surface area contributed by atoms with Crippen molar-refractivity contribution in [3.8, 4) is 10.4 Å². The van der Waals surface area contributed by atoms with Crippen LogP contribution in [0.25, 0.3) is 15.4 Å². The van der Waals surface area contributed by atoms with Crippen LogP contribution in [0.1, 0.15) is 69.7 Å². The zero-order chi connectivity index (χ0) is 23.9. The first kappa shape index (κ1) is 22.4. The second-order valence-corrected chi connectivity index (χ2v) is 11.2. The van der Waals surface area contributed by atoms with Crippen LogP contribution >= 0.6 is 22.7 Å². The first-order valence-corrected chi connectivity index (χ1v) is 13.9. The summed E-state index contributed by atoms with van der Waals surface area (Å²) in [5, 5.41) is 6.09. The highest BCUT2D eigenvalue weighted by Crippen LogP contribution is 2.45. The van der Waals surface area contributed by atoms with Crippen LogP contribution in [0.5, 0.6) is 0 Å². The largest absolute Gasteiger partial charge is 0.349 e. The number of thiazole rings is 2. The lowest BCUT2D eigenvalue weighted by atomic mass is 10.0. The van der Waals surface area contributed by atoms with Crippen LogP contribution in [0, 0.1) is 6.92 Å². The maximum Gasteiger partial charge on any atom is 0.274 e. The predicted molar refractivity (Wildman–Crippen MR) is 138 cm³/mol. The quantitative estimate of drug-likeness (QED) is 0.394. The van der Waals surface area contributed by atoms with Crippen LogP contribution < -0.4 is 5.32 Å². The Morgan fingerprint density at radius 3 is 2.74 bits per heavy atom. The van der Waals surface area contributed by atoms with Gasteiger partial charge in [-0.25, -0.2) is 9.97 Å². The molecule has 1 aliphatic heterocycles. The van der Waals surface area contributed by atoms with Crippen molar-refractivity contribution in [3.05, 3.63) is 64.0 Å². The standard InChI is InChI=1S/C26H27N5O2S2/c1-16-21(31-13-14-34-26(31)28-16)23(32)27-15-19-9-5-6-12-30(19)25(33)20-22(17-7-3-2-4-8-17)35-24(29-20)18-10-11-18/h2-4,7-8,13-14,18-19H,5-6,9-12,15H2,1H3,(H,27,32)/t19-/m0/s1. The number of piperidine rings is 1. The Morgan fingerprint density at radius 2 is 1.94 bits per heavy atom. The van der Waals surface area contributed by atoms with E-state index in [0.717, 1.165) is 52.5 Å². The van der Waals surface area contributed by atoms with Gasteiger partial charge in [0.1, 0.15) is 11.4 Å². The van der Waals surface area contributed by atoms with Crippen molar-refractivity contribution in [2.45, 2.75) is 51.0 Å². The average Bonchev–Trinajstić information content (AvgIpc) is 3.34. The van der Waals surface area contributed by atoms with Crippen LogP contribution in [0.2, 0.25) is 0 Å². The zero-order valence-electron chi connectivity index (χ0n) is 19.6. The summed E-state index contributed by atoms with van der Waals surface area (Å²) in [6.45, 7) is 2.96. The molecule has 0 radical (unpaired) electrons. The molecule has 1 saturated heterocycles. The molecule has 9 heteroatoms. The number of benzene rings is 1. The molecule has 1 saturated carbocycles. The molecule has 0 bridgehead atoms. The topological polar surface area (TPSA) is 79.6 Å². The summed E-state index contributed by atoms with van der Waals surface area (Å²) < 4.78 is 1.83. The second kappa shape index (κ2) is 9.20. The molecule has 1 N–H and O–H groups in total. The fourth-order valence-electron chi connectivity index (χ4n) is 4.85. The lowest BCUT2D eigenvalue weighted by Gasteiger charge is -2.35. The van der Waals surface area contributed by atoms with Crippen molar-refractivity contribution in [1.29, 1.82) is 0 Å². The van der Waals surface area contributed by atoms with Crippen molar-refractivity contribution in [3.63, 3.8) is 0 Å². The molecule has 180 valence electrons. The van der Waals surface area contributed by atoms with E-state index in [9.17, 15) is 9.59 Å². The number of carbonyl (C=O) groups excluding carboxylic acids is 2. The number of likely N-dealkylation sites (tertiary alicyclic amines) is 1. The zero-order valence-corrected chi connectivity index (χ0v) is 21.2. The first-order chi connectivity index (χ1) is 17.1. The minimum absolute atomic E-state index is 0.0216. The van der Waals surface area contributed by atoms with Gasteiger partial charge in [-0.2, -0.15) is 0 Å². The van der Waals surface area contributed by atoms with Gasteiger partial charge >= 0.3 is 0 Å². The molecule has 2 aliphatic rings. The number of aromatic nitrogens is 3. The maximum absolute atomic E-state index is 13.9. The van der Waals surface area contributed by atoms with Gasteiger partial charge < -0.3 is 10.2 Å². The van der Waals surface area contributed by atoms with E-state index < -0.39 is 0 Å². The minimum Gasteiger partial charge on any atom is -0.349 e. The monoisotopic (exact) mass is 505 g/mol. The number of hydrogen-bond donors (Lipinski definition) is 1. The van der Waals surface area contributed by atoms with Crippen LogP contribution in [0.3, 0.4) is 0 Å². The van der Waals surface area contributed by atoms with E-state index in [1.54, 1.807) is 11.3 Å². The molecule has 6 rings (SSSR count). The van der Waals surface area contributed by atoms with E-state index in [-0.39, 0.29) is 17.9 Å². The van der Waals surface area contributed by atoms with E-state index in [1.807, 2.05) is 58.1 Å². The van der Waals surface area contributed by atoms with Crippen molar-refractivity contribution >= 4 is 39.4 Å². The number of rotatable bonds is 6. The Bertz CT molecular complexity index is 1390. The Morgan fingerprint density at radius 1 is 1.11 bits per heavy atom. The molecule has 0 spiro atoms. The van der Waals surface area contributed by atoms with Gasteiger partial charge in [0.2, 0.25) is 0 Å². The number of imidazole rings is 1. The Balaban J connectivity index is 1.24. The van der Waals surface area contributed by atoms with Crippen LogP contribution in [0.15, 0.2) is 41.9 Å². The minimum atomic E-state index is -0.152. The molecule has 4 heterocycles. The molecule has 35 heavy (non-hydrogen) atoms. The van der Waals surface area contributed by atoms with Gasteiger partial charge in [-0.3, -0.25) is 14.0 Å². The molecule has 1 aromatic carbocycles. The lowest BCUT2D eigenvalue weighted by Crippen LogP contribution is -2.49. The van der Waals surface area contributed by atoms with Crippen molar-refractivity contribution in [1.82, 2.24) is 24.6 Å². The van der Waals surface area contributed by atoms with Gasteiger partial charge in [-0.1, -0.05) is 30.3 Å². The second-order valence-electron chi connectivity index (χ2n) is 9.33. The van der Waals surface area contributed by atoms with E-state index in [4.69, 9.17) is 4.98 Å². The molecule has 4 aromatic rings. The number of nitrogens with one attached hydrogen (secondary N) is 1. The molecule has 0 unspecified atom stereocenters. The van der Waals surface area contributed by atoms with Gasteiger partial charge in [0.15, 0.2) is 4.96 Å². The third-order valence-electron chi connectivity index (χ3n) is 6.85. The molecule has 2 fully saturated rings. The van der Waals surface area contributed by atoms with Gasteiger partial charge in [-0.15, -0.1) is 22.7 Å². The number of carbonyl (C=O) groups is 2. The highest BCUT2D eigenvalue weighted by atomic mass is 32.1. The molecule has 7 nitrogen and oxygen atoms in total. The third kappa shape index (κ3) is 4.27. The van der Waals surface area contributed by atoms with E-state index in [2.05, 4.69) is 10.3 Å². The fraction of sp³-hybridized carbons (Fsp3) is 0.385. The summed E-state index contributed by atoms with van der Waals surface area (Å²) in [5.41, 5.74) is 2.88. The summed E-state index contributed by atoms with van der Waals surface area (Å²) in [5.74, 6) is 0.320. The smallest absolute Gasteiger partial charge is 0.274 e. The van der Waals surface area contributed by atoms with Gasteiger partial charge in [-0.05, 0) is 44.6 Å². The third-order valence-corrected chi connectivity index (χ3v) is 8.87. The van der Waals surface area contributed by atoms with Gasteiger partial charge in [0.05, 0.1) is 15.6 Å². The Labute approximate surface area is 211 Å². The normalized spacial score (nSPS) is 18.2. The first-order valence-electron chi connectivity index (χ1n) is 12.2. The van der Waals surface area contributed by atoms with E-state index >= 15 is 0 Å². The van der Waals surface area contributed by atoms with Crippen LogP contribution in [-0.2, 0) is 0 Å². The van der Waals surface area contributed by atoms with Gasteiger partial charge in [0, 0.05) is 36.6 Å². The maximum atomic E-state index is 13.9. The number of amides is 2. The summed E-state index contributed by atoms with van der Waals surface area (Å²) in [6, 6.07) is 10.0. The predicted octanol–water partition coefficient (Wildman–Crippen LogP) is 5.13. The van der Waals surface area contributed by atoms with Crippen molar-refractivity contribution in [2.75, 3.05) is 13.1 Å². The highest BCUT2D eigenvalue weighted by Gasteiger charge is 2.34. The van der Waals surface area contributed by atoms with Gasteiger partial charge in [0.25, 0.3) is 11.8 Å². The van der Waals surface area contributed by atoms with E-state index in [0.29, 0.717) is 36.1 Å². The summed E-state index contributed by atoms with van der Waals surface area (Å²) in [7, 11) is 0. The number of hydrogen-bond acceptors (Lipinski definition) is 6. The highest BCUT2D eigenvalue weighted by molar-refractivity contribution is 7.15. The average molecular weight is 506 g/mol. The summed E-state index contributed by atoms with van der Waals surface area (Å²) >= 11 is 3.17. The molecule has 2 amide bonds. The Hall–Kier alpha value is -3.04. The molecular weight excluding hydrogens is 478 g/mol. The van der Waals surface area contributed by atoms with Crippen molar-refractivity contribution in [2.24, 2.45) is 0 Å². The number of fused-ring (bicyclic) bond motifs is 1. The fourth-order valence-corrected chi connectivity index (χ4v) is 6.84. The SMILES string of the molecule is Cc1nc2sccn2c1C(=O)NC[C@@H]1CCCCN1C(=O)c1nc(C2CC2)sc1-c1ccccc1. The molecule has 1 atom stereocenters. The summed E-state index contributed by atoms with van der Waals surface area (Å²) in [4.78, 5) is 40.0. The summed E-state index contributed by atoms with van der Waals surface area (Å²) in [6.07, 6.45) is 7.05. The molecule has 3 aromatic heterocycles. The lowest BCUT2D eigenvalue weighted by molar-refractivity contribution is 0.0597. The number of nitrogens with zero attached hydrogens (tertiary/aromatic N) is 4. The van der Waals surface area contributed by atoms with Crippen molar-refractivity contribution < 1.29 is 9.59 Å². The number of aryl methyl sites for hydroxylation is 1. The van der Waals surface area contributed by atoms with Crippen LogP contribution in [-0.4, -0.2) is 50.2 Å². The van der Waals surface area contributed by atoms with E-state index in [1.165, 1.54) is 11.3 Å².